The first kappa shape index (κ1) is 13.6. The number of benzene rings is 2. The fraction of sp³-hybridized carbons (Fsp3) is 0.133. The van der Waals surface area contributed by atoms with Gasteiger partial charge in [0.15, 0.2) is 0 Å². The van der Waals surface area contributed by atoms with Crippen LogP contribution >= 0.6 is 0 Å². The molecule has 1 N–H and O–H groups in total. The molecule has 0 fully saturated rings. The number of anilines is 2. The van der Waals surface area contributed by atoms with Crippen molar-refractivity contribution in [3.63, 3.8) is 0 Å². The van der Waals surface area contributed by atoms with Crippen LogP contribution in [0.15, 0.2) is 36.4 Å². The van der Waals surface area contributed by atoms with Crippen molar-refractivity contribution >= 4 is 17.1 Å². The van der Waals surface area contributed by atoms with E-state index >= 15 is 0 Å². The third-order valence-electron chi connectivity index (χ3n) is 3.20. The average molecular weight is 267 g/mol. The summed E-state index contributed by atoms with van der Waals surface area (Å²) in [4.78, 5) is 10.4. The van der Waals surface area contributed by atoms with Gasteiger partial charge in [0.2, 0.25) is 0 Å². The highest BCUT2D eigenvalue weighted by atomic mass is 16.6. The van der Waals surface area contributed by atoms with Crippen molar-refractivity contribution in [3.05, 3.63) is 63.2 Å². The molecule has 0 aliphatic heterocycles. The molecule has 100 valence electrons. The smallest absolute Gasteiger partial charge is 0.289 e. The average Bonchev–Trinajstić information content (AvgIpc) is 2.43. The monoisotopic (exact) mass is 267 g/mol. The molecule has 0 aliphatic carbocycles. The molecular formula is C15H13N3O2. The van der Waals surface area contributed by atoms with E-state index in [1.54, 1.807) is 6.07 Å². The van der Waals surface area contributed by atoms with Crippen LogP contribution in [-0.2, 0) is 0 Å². The maximum Gasteiger partial charge on any atom is 0.289 e. The predicted octanol–water partition coefficient (Wildman–Crippen LogP) is 3.83. The van der Waals surface area contributed by atoms with Crippen molar-refractivity contribution < 1.29 is 4.92 Å². The second kappa shape index (κ2) is 5.41. The van der Waals surface area contributed by atoms with Gasteiger partial charge in [0, 0.05) is 17.4 Å². The van der Waals surface area contributed by atoms with Gasteiger partial charge in [-0.3, -0.25) is 10.1 Å². The highest BCUT2D eigenvalue weighted by Crippen LogP contribution is 2.27. The summed E-state index contributed by atoms with van der Waals surface area (Å²) in [6.07, 6.45) is 0. The Labute approximate surface area is 116 Å². The van der Waals surface area contributed by atoms with E-state index < -0.39 is 4.92 Å². The molecule has 0 spiro atoms. The Kier molecular flexibility index (Phi) is 3.67. The zero-order chi connectivity index (χ0) is 14.7. The van der Waals surface area contributed by atoms with Gasteiger partial charge in [-0.05, 0) is 43.2 Å². The normalized spacial score (nSPS) is 9.85. The number of hydrogen-bond donors (Lipinski definition) is 1. The maximum absolute atomic E-state index is 10.9. The Morgan fingerprint density at radius 2 is 2.00 bits per heavy atom. The Morgan fingerprint density at radius 1 is 1.25 bits per heavy atom. The van der Waals surface area contributed by atoms with E-state index in [1.807, 2.05) is 38.1 Å². The molecule has 0 amide bonds. The number of nitro benzene ring substituents is 1. The number of hydrogen-bond acceptors (Lipinski definition) is 4. The van der Waals surface area contributed by atoms with Gasteiger partial charge in [0.1, 0.15) is 11.6 Å². The topological polar surface area (TPSA) is 79.0 Å². The molecule has 0 aliphatic rings. The summed E-state index contributed by atoms with van der Waals surface area (Å²) in [5, 5.41) is 22.9. The quantitative estimate of drug-likeness (QED) is 0.677. The van der Waals surface area contributed by atoms with Crippen molar-refractivity contribution in [3.8, 4) is 6.07 Å². The number of nitrogens with one attached hydrogen (secondary N) is 1. The minimum Gasteiger partial charge on any atom is -0.355 e. The molecule has 0 saturated carbocycles. The van der Waals surface area contributed by atoms with Crippen LogP contribution in [0.25, 0.3) is 0 Å². The lowest BCUT2D eigenvalue weighted by Crippen LogP contribution is -1.97. The van der Waals surface area contributed by atoms with Gasteiger partial charge in [-0.2, -0.15) is 5.26 Å². The van der Waals surface area contributed by atoms with Crippen LogP contribution in [0, 0.1) is 35.3 Å². The fourth-order valence-electron chi connectivity index (χ4n) is 1.90. The molecule has 20 heavy (non-hydrogen) atoms. The Balaban J connectivity index is 2.40. The maximum atomic E-state index is 10.9. The van der Waals surface area contributed by atoms with Crippen LogP contribution in [0.2, 0.25) is 0 Å². The number of aryl methyl sites for hydroxylation is 1. The molecule has 2 aromatic rings. The van der Waals surface area contributed by atoms with Crippen molar-refractivity contribution in [2.24, 2.45) is 0 Å². The van der Waals surface area contributed by atoms with Crippen molar-refractivity contribution in [2.45, 2.75) is 13.8 Å². The highest BCUT2D eigenvalue weighted by Gasteiger charge is 2.14. The molecule has 5 heteroatoms. The van der Waals surface area contributed by atoms with E-state index in [4.69, 9.17) is 5.26 Å². The first-order chi connectivity index (χ1) is 9.52. The second-order valence-electron chi connectivity index (χ2n) is 4.47. The number of nitro groups is 1. The first-order valence-electron chi connectivity index (χ1n) is 6.04. The molecule has 0 bridgehead atoms. The Hall–Kier alpha value is -2.87. The van der Waals surface area contributed by atoms with Gasteiger partial charge in [-0.25, -0.2) is 0 Å². The van der Waals surface area contributed by atoms with Gasteiger partial charge in [0.05, 0.1) is 4.92 Å². The summed E-state index contributed by atoms with van der Waals surface area (Å²) in [6.45, 7) is 3.98. The largest absolute Gasteiger partial charge is 0.355 e. The SMILES string of the molecule is Cc1cccc(Nc2ccc(C#N)c([N+](=O)[O-])c2)c1C. The van der Waals surface area contributed by atoms with E-state index in [0.29, 0.717) is 5.69 Å². The summed E-state index contributed by atoms with van der Waals surface area (Å²) >= 11 is 0. The molecule has 0 atom stereocenters. The number of nitrogens with zero attached hydrogens (tertiary/aromatic N) is 2. The van der Waals surface area contributed by atoms with Crippen LogP contribution in [0.1, 0.15) is 16.7 Å². The first-order valence-corrected chi connectivity index (χ1v) is 6.04. The third-order valence-corrected chi connectivity index (χ3v) is 3.20. The van der Waals surface area contributed by atoms with E-state index in [1.165, 1.54) is 12.1 Å². The molecule has 0 radical (unpaired) electrons. The van der Waals surface area contributed by atoms with Crippen molar-refractivity contribution in [2.75, 3.05) is 5.32 Å². The van der Waals surface area contributed by atoms with Crippen LogP contribution in [-0.4, -0.2) is 4.92 Å². The van der Waals surface area contributed by atoms with Crippen molar-refractivity contribution in [1.82, 2.24) is 0 Å². The van der Waals surface area contributed by atoms with Gasteiger partial charge >= 0.3 is 0 Å². The molecule has 0 aromatic heterocycles. The summed E-state index contributed by atoms with van der Waals surface area (Å²) in [7, 11) is 0. The summed E-state index contributed by atoms with van der Waals surface area (Å²) in [5.41, 5.74) is 3.57. The molecule has 0 heterocycles. The number of rotatable bonds is 3. The van der Waals surface area contributed by atoms with Gasteiger partial charge < -0.3 is 5.32 Å². The van der Waals surface area contributed by atoms with Crippen molar-refractivity contribution in [1.29, 1.82) is 5.26 Å². The van der Waals surface area contributed by atoms with Gasteiger partial charge in [-0.15, -0.1) is 0 Å². The fourth-order valence-corrected chi connectivity index (χ4v) is 1.90. The standard InChI is InChI=1S/C15H13N3O2/c1-10-4-3-5-14(11(10)2)17-13-7-6-12(9-16)15(8-13)18(19)20/h3-8,17H,1-2H3. The molecule has 0 unspecified atom stereocenters. The highest BCUT2D eigenvalue weighted by molar-refractivity contribution is 5.68. The summed E-state index contributed by atoms with van der Waals surface area (Å²) in [5.74, 6) is 0. The van der Waals surface area contributed by atoms with Crippen LogP contribution in [0.3, 0.4) is 0 Å². The lowest BCUT2D eigenvalue weighted by Gasteiger charge is -2.11. The predicted molar refractivity (Wildman–Crippen MR) is 77.0 cm³/mol. The van der Waals surface area contributed by atoms with Crippen LogP contribution in [0.5, 0.6) is 0 Å². The van der Waals surface area contributed by atoms with E-state index in [-0.39, 0.29) is 11.3 Å². The van der Waals surface area contributed by atoms with Crippen LogP contribution in [0.4, 0.5) is 17.1 Å². The summed E-state index contributed by atoms with van der Waals surface area (Å²) < 4.78 is 0. The number of nitriles is 1. The Bertz CT molecular complexity index is 718. The van der Waals surface area contributed by atoms with Gasteiger partial charge in [0.25, 0.3) is 5.69 Å². The van der Waals surface area contributed by atoms with E-state index in [2.05, 4.69) is 5.32 Å². The van der Waals surface area contributed by atoms with Crippen LogP contribution < -0.4 is 5.32 Å². The minimum absolute atomic E-state index is 0.0570. The molecular weight excluding hydrogens is 254 g/mol. The molecule has 2 rings (SSSR count). The third kappa shape index (κ3) is 2.59. The minimum atomic E-state index is -0.549. The Morgan fingerprint density at radius 3 is 2.65 bits per heavy atom. The van der Waals surface area contributed by atoms with E-state index in [9.17, 15) is 10.1 Å². The second-order valence-corrected chi connectivity index (χ2v) is 4.47. The lowest BCUT2D eigenvalue weighted by atomic mass is 10.1. The van der Waals surface area contributed by atoms with E-state index in [0.717, 1.165) is 16.8 Å². The summed E-state index contributed by atoms with van der Waals surface area (Å²) in [6, 6.07) is 12.1. The lowest BCUT2D eigenvalue weighted by molar-refractivity contribution is -0.385. The molecule has 0 saturated heterocycles. The zero-order valence-electron chi connectivity index (χ0n) is 11.2. The zero-order valence-corrected chi connectivity index (χ0v) is 11.2. The molecule has 5 nitrogen and oxygen atoms in total. The van der Waals surface area contributed by atoms with Gasteiger partial charge in [-0.1, -0.05) is 12.1 Å². The molecule has 2 aromatic carbocycles.